The van der Waals surface area contributed by atoms with E-state index < -0.39 is 47.2 Å². The fourth-order valence-corrected chi connectivity index (χ4v) is 3.08. The van der Waals surface area contributed by atoms with Crippen LogP contribution in [0.15, 0.2) is 30.3 Å². The third kappa shape index (κ3) is 3.87. The van der Waals surface area contributed by atoms with E-state index in [-0.39, 0.29) is 15.9 Å². The summed E-state index contributed by atoms with van der Waals surface area (Å²) in [5, 5.41) is 8.05. The van der Waals surface area contributed by atoms with E-state index in [4.69, 9.17) is 17.3 Å². The van der Waals surface area contributed by atoms with Gasteiger partial charge in [-0.2, -0.15) is 30.7 Å². The molecule has 0 bridgehead atoms. The van der Waals surface area contributed by atoms with Crippen LogP contribution in [0, 0.1) is 0 Å². The van der Waals surface area contributed by atoms with E-state index in [0.29, 0.717) is 0 Å². The molecule has 0 saturated heterocycles. The molecule has 0 unspecified atom stereocenters. The standard InChI is InChI=1S/C18H14F7NO3S/c1-26(8-13(27)28)15(30)11-5-3-4-10-9(11)6-7-12(29-2)14(10)16(19,20)17(21,22)18(23,24)25/h3-7H,8H2,1-2H3,(H,27,28). The van der Waals surface area contributed by atoms with Gasteiger partial charge in [0.1, 0.15) is 17.3 Å². The van der Waals surface area contributed by atoms with Crippen molar-refractivity contribution < 1.29 is 45.4 Å². The predicted molar refractivity (Wildman–Crippen MR) is 97.4 cm³/mol. The van der Waals surface area contributed by atoms with Gasteiger partial charge in [-0.1, -0.05) is 30.4 Å². The van der Waals surface area contributed by atoms with Gasteiger partial charge in [-0.3, -0.25) is 4.79 Å². The number of benzene rings is 2. The number of hydrogen-bond acceptors (Lipinski definition) is 3. The summed E-state index contributed by atoms with van der Waals surface area (Å²) in [6.07, 6.45) is -6.53. The number of halogens is 7. The predicted octanol–water partition coefficient (Wildman–Crippen LogP) is 4.83. The molecular formula is C18H14F7NO3S. The van der Waals surface area contributed by atoms with E-state index >= 15 is 0 Å². The zero-order chi connectivity index (χ0) is 23.1. The second-order valence-electron chi connectivity index (χ2n) is 6.25. The smallest absolute Gasteiger partial charge is 0.460 e. The molecule has 0 heterocycles. The first kappa shape index (κ1) is 23.6. The highest BCUT2D eigenvalue weighted by Crippen LogP contribution is 2.55. The van der Waals surface area contributed by atoms with Crippen molar-refractivity contribution in [1.82, 2.24) is 4.90 Å². The van der Waals surface area contributed by atoms with Gasteiger partial charge < -0.3 is 14.7 Å². The molecule has 0 spiro atoms. The fraction of sp³-hybridized carbons (Fsp3) is 0.333. The van der Waals surface area contributed by atoms with Crippen LogP contribution >= 0.6 is 12.2 Å². The summed E-state index contributed by atoms with van der Waals surface area (Å²) in [5.74, 6) is -14.2. The molecule has 2 aromatic rings. The number of carboxylic acids is 1. The van der Waals surface area contributed by atoms with Crippen molar-refractivity contribution in [3.05, 3.63) is 41.5 Å². The highest BCUT2D eigenvalue weighted by atomic mass is 32.1. The second-order valence-corrected chi connectivity index (χ2v) is 6.63. The van der Waals surface area contributed by atoms with Crippen LogP contribution in [0.2, 0.25) is 0 Å². The van der Waals surface area contributed by atoms with Crippen LogP contribution in [0.5, 0.6) is 5.75 Å². The van der Waals surface area contributed by atoms with Gasteiger partial charge in [0, 0.05) is 12.6 Å². The quantitative estimate of drug-likeness (QED) is 0.498. The lowest BCUT2D eigenvalue weighted by molar-refractivity contribution is -0.359. The summed E-state index contributed by atoms with van der Waals surface area (Å²) >= 11 is 5.14. The first-order valence-electron chi connectivity index (χ1n) is 8.06. The zero-order valence-corrected chi connectivity index (χ0v) is 16.2. The summed E-state index contributed by atoms with van der Waals surface area (Å²) in [5.41, 5.74) is -1.66. The molecule has 30 heavy (non-hydrogen) atoms. The van der Waals surface area contributed by atoms with E-state index in [2.05, 4.69) is 4.74 Å². The Kier molecular flexibility index (Phi) is 6.22. The number of carboxylic acid groups (broad SMARTS) is 1. The Morgan fingerprint density at radius 1 is 1.07 bits per heavy atom. The molecule has 0 fully saturated rings. The number of likely N-dealkylation sites (N-methyl/N-ethyl adjacent to an activating group) is 1. The third-order valence-electron chi connectivity index (χ3n) is 4.26. The normalized spacial score (nSPS) is 12.7. The lowest BCUT2D eigenvalue weighted by Gasteiger charge is -2.30. The number of rotatable bonds is 6. The number of aliphatic carboxylic acids is 1. The molecule has 2 aromatic carbocycles. The summed E-state index contributed by atoms with van der Waals surface area (Å²) in [6, 6.07) is 5.34. The Labute approximate surface area is 170 Å². The largest absolute Gasteiger partial charge is 0.496 e. The summed E-state index contributed by atoms with van der Waals surface area (Å²) in [6.45, 7) is -0.555. The van der Waals surface area contributed by atoms with Gasteiger partial charge in [0.2, 0.25) is 0 Å². The van der Waals surface area contributed by atoms with Crippen LogP contribution in [-0.4, -0.2) is 53.8 Å². The maximum atomic E-state index is 14.6. The lowest BCUT2D eigenvalue weighted by atomic mass is 9.92. The first-order valence-corrected chi connectivity index (χ1v) is 8.47. The molecule has 0 aliphatic carbocycles. The van der Waals surface area contributed by atoms with Gasteiger partial charge in [-0.25, -0.2) is 0 Å². The van der Waals surface area contributed by atoms with Crippen LogP contribution in [0.3, 0.4) is 0 Å². The van der Waals surface area contributed by atoms with Crippen molar-refractivity contribution >= 4 is 33.9 Å². The average molecular weight is 457 g/mol. The third-order valence-corrected chi connectivity index (χ3v) is 4.79. The molecule has 0 aromatic heterocycles. The van der Waals surface area contributed by atoms with E-state index in [0.717, 1.165) is 36.3 Å². The second kappa shape index (κ2) is 7.89. The van der Waals surface area contributed by atoms with Crippen molar-refractivity contribution in [2.24, 2.45) is 0 Å². The van der Waals surface area contributed by atoms with Crippen LogP contribution < -0.4 is 4.74 Å². The Hall–Kier alpha value is -2.63. The molecule has 0 saturated carbocycles. The minimum atomic E-state index is -6.53. The summed E-state index contributed by atoms with van der Waals surface area (Å²) < 4.78 is 99.5. The number of fused-ring (bicyclic) bond motifs is 1. The van der Waals surface area contributed by atoms with Crippen molar-refractivity contribution in [1.29, 1.82) is 0 Å². The maximum Gasteiger partial charge on any atom is 0.460 e. The SMILES string of the molecule is COc1ccc2c(C(=S)N(C)CC(=O)O)cccc2c1C(F)(F)C(F)(F)C(F)(F)F. The highest BCUT2D eigenvalue weighted by Gasteiger charge is 2.74. The van der Waals surface area contributed by atoms with Crippen LogP contribution in [-0.2, 0) is 10.7 Å². The Morgan fingerprint density at radius 2 is 1.67 bits per heavy atom. The first-order chi connectivity index (χ1) is 13.7. The average Bonchev–Trinajstić information content (AvgIpc) is 2.64. The van der Waals surface area contributed by atoms with Gasteiger partial charge in [0.05, 0.1) is 12.7 Å². The highest BCUT2D eigenvalue weighted by molar-refractivity contribution is 7.80. The van der Waals surface area contributed by atoms with Gasteiger partial charge in [0.25, 0.3) is 0 Å². The Morgan fingerprint density at radius 3 is 2.17 bits per heavy atom. The fourth-order valence-electron chi connectivity index (χ4n) is 2.83. The van der Waals surface area contributed by atoms with E-state index in [9.17, 15) is 35.5 Å². The summed E-state index contributed by atoms with van der Waals surface area (Å²) in [7, 11) is 2.15. The monoisotopic (exact) mass is 457 g/mol. The topological polar surface area (TPSA) is 49.8 Å². The molecule has 0 radical (unpaired) electrons. The van der Waals surface area contributed by atoms with Gasteiger partial charge in [-0.05, 0) is 22.9 Å². The number of thiocarbonyl (C=S) groups is 1. The van der Waals surface area contributed by atoms with Gasteiger partial charge in [-0.15, -0.1) is 0 Å². The van der Waals surface area contributed by atoms with E-state index in [1.165, 1.54) is 13.1 Å². The molecular weight excluding hydrogens is 443 g/mol. The number of carbonyl (C=O) groups is 1. The molecule has 1 N–H and O–H groups in total. The van der Waals surface area contributed by atoms with Gasteiger partial charge in [0.15, 0.2) is 0 Å². The van der Waals surface area contributed by atoms with Crippen molar-refractivity contribution in [3.8, 4) is 5.75 Å². The lowest BCUT2D eigenvalue weighted by Crippen LogP contribution is -2.50. The Bertz CT molecular complexity index is 992. The van der Waals surface area contributed by atoms with Crippen LogP contribution in [0.1, 0.15) is 11.1 Å². The van der Waals surface area contributed by atoms with E-state index in [1.807, 2.05) is 0 Å². The Balaban J connectivity index is 2.81. The number of nitrogens with zero attached hydrogens (tertiary/aromatic N) is 1. The molecule has 0 atom stereocenters. The van der Waals surface area contributed by atoms with Crippen molar-refractivity contribution in [2.45, 2.75) is 18.0 Å². The minimum Gasteiger partial charge on any atom is -0.496 e. The minimum absolute atomic E-state index is 0.00118. The molecule has 12 heteroatoms. The van der Waals surface area contributed by atoms with Crippen molar-refractivity contribution in [2.75, 3.05) is 20.7 Å². The van der Waals surface area contributed by atoms with Crippen LogP contribution in [0.4, 0.5) is 30.7 Å². The molecule has 164 valence electrons. The van der Waals surface area contributed by atoms with Gasteiger partial charge >= 0.3 is 24.0 Å². The van der Waals surface area contributed by atoms with E-state index in [1.54, 1.807) is 0 Å². The number of ether oxygens (including phenoxy) is 1. The zero-order valence-electron chi connectivity index (χ0n) is 15.4. The number of methoxy groups -OCH3 is 1. The van der Waals surface area contributed by atoms with Crippen LogP contribution in [0.25, 0.3) is 10.8 Å². The molecule has 0 amide bonds. The molecule has 0 aliphatic heterocycles. The molecule has 4 nitrogen and oxygen atoms in total. The van der Waals surface area contributed by atoms with Crippen molar-refractivity contribution in [3.63, 3.8) is 0 Å². The molecule has 2 rings (SSSR count). The summed E-state index contributed by atoms with van der Waals surface area (Å²) in [4.78, 5) is 11.8. The molecule has 0 aliphatic rings. The number of alkyl halides is 7. The number of hydrogen-bond donors (Lipinski definition) is 1. The maximum absolute atomic E-state index is 14.6.